The predicted octanol–water partition coefficient (Wildman–Crippen LogP) is 16.0. The SMILES string of the molecule is CCCCCCCCCCCCCCCCCCOCC(Br)COc1c(Br)cc(C(C)(C)c2cc(Br)c(OCC(Br)CBr)c(Br)c2)cc1Br. The molecule has 3 nitrogen and oxygen atoms in total. The van der Waals surface area contributed by atoms with Gasteiger partial charge in [0.1, 0.15) is 24.7 Å². The number of ether oxygens (including phenoxy) is 3. The summed E-state index contributed by atoms with van der Waals surface area (Å²) in [6.45, 7) is 9.26. The van der Waals surface area contributed by atoms with Crippen LogP contribution in [0.4, 0.5) is 0 Å². The molecule has 2 unspecified atom stereocenters. The third-order valence-corrected chi connectivity index (χ3v) is 14.0. The molecule has 49 heavy (non-hydrogen) atoms. The van der Waals surface area contributed by atoms with E-state index in [0.717, 1.165) is 58.9 Å². The maximum absolute atomic E-state index is 6.24. The Morgan fingerprint density at radius 2 is 0.878 bits per heavy atom. The first-order valence-electron chi connectivity index (χ1n) is 18.2. The molecule has 2 aromatic carbocycles. The summed E-state index contributed by atoms with van der Waals surface area (Å²) in [5.41, 5.74) is 2.03. The van der Waals surface area contributed by atoms with Gasteiger partial charge in [-0.05, 0) is 106 Å². The van der Waals surface area contributed by atoms with Gasteiger partial charge in [0.15, 0.2) is 0 Å². The van der Waals surface area contributed by atoms with Gasteiger partial charge in [0.05, 0.1) is 34.2 Å². The van der Waals surface area contributed by atoms with E-state index in [4.69, 9.17) is 14.2 Å². The van der Waals surface area contributed by atoms with Crippen molar-refractivity contribution in [2.75, 3.05) is 31.8 Å². The molecule has 0 aromatic heterocycles. The highest BCUT2D eigenvalue weighted by molar-refractivity contribution is 9.12. The van der Waals surface area contributed by atoms with Crippen molar-refractivity contribution < 1.29 is 14.2 Å². The lowest BCUT2D eigenvalue weighted by Gasteiger charge is -2.28. The van der Waals surface area contributed by atoms with Crippen molar-refractivity contribution in [1.82, 2.24) is 0 Å². The molecule has 0 saturated heterocycles. The van der Waals surface area contributed by atoms with Gasteiger partial charge in [-0.15, -0.1) is 0 Å². The van der Waals surface area contributed by atoms with Crippen molar-refractivity contribution in [1.29, 1.82) is 0 Å². The Morgan fingerprint density at radius 3 is 1.24 bits per heavy atom. The summed E-state index contributed by atoms with van der Waals surface area (Å²) in [6.07, 6.45) is 22.1. The van der Waals surface area contributed by atoms with Gasteiger partial charge < -0.3 is 14.2 Å². The van der Waals surface area contributed by atoms with Crippen LogP contribution >= 0.6 is 112 Å². The standard InChI is InChI=1S/C39H57Br7O3/c1-4-5-6-7-8-9-10-11-12-13-14-15-16-17-18-19-20-47-26-32(42)28-49-38-35(45)23-30(24-36(38)46)39(2,3)29-21-33(43)37(34(44)22-29)48-27-31(41)25-40/h21-24,31-32H,4-20,25-28H2,1-3H3. The number of hydrogen-bond donors (Lipinski definition) is 0. The van der Waals surface area contributed by atoms with Crippen LogP contribution in [0.2, 0.25) is 0 Å². The fourth-order valence-corrected chi connectivity index (χ4v) is 9.16. The van der Waals surface area contributed by atoms with Crippen LogP contribution in [-0.4, -0.2) is 41.4 Å². The van der Waals surface area contributed by atoms with Crippen molar-refractivity contribution in [2.45, 2.75) is 139 Å². The normalized spacial score (nSPS) is 13.1. The van der Waals surface area contributed by atoms with Crippen LogP contribution in [0, 0.1) is 0 Å². The molecule has 280 valence electrons. The third kappa shape index (κ3) is 18.5. The van der Waals surface area contributed by atoms with Crippen LogP contribution in [0.5, 0.6) is 11.5 Å². The molecule has 2 atom stereocenters. The highest BCUT2D eigenvalue weighted by Gasteiger charge is 2.27. The van der Waals surface area contributed by atoms with Gasteiger partial charge in [-0.2, -0.15) is 0 Å². The molecule has 10 heteroatoms. The Bertz CT molecular complexity index is 1150. The molecular weight excluding hydrogens is 1080 g/mol. The van der Waals surface area contributed by atoms with Crippen molar-refractivity contribution >= 4 is 112 Å². The maximum atomic E-state index is 6.24. The third-order valence-electron chi connectivity index (χ3n) is 8.87. The Balaban J connectivity index is 1.65. The molecule has 0 aliphatic rings. The second-order valence-electron chi connectivity index (χ2n) is 13.5. The van der Waals surface area contributed by atoms with E-state index in [-0.39, 0.29) is 15.1 Å². The van der Waals surface area contributed by atoms with Crippen LogP contribution < -0.4 is 9.47 Å². The molecule has 0 N–H and O–H groups in total. The lowest BCUT2D eigenvalue weighted by Crippen LogP contribution is -2.20. The highest BCUT2D eigenvalue weighted by atomic mass is 79.9. The molecule has 0 aliphatic carbocycles. The quantitative estimate of drug-likeness (QED) is 0.0628. The molecular formula is C39H57Br7O3. The van der Waals surface area contributed by atoms with Crippen LogP contribution in [0.1, 0.15) is 135 Å². The van der Waals surface area contributed by atoms with E-state index < -0.39 is 0 Å². The number of unbranched alkanes of at least 4 members (excludes halogenated alkanes) is 15. The van der Waals surface area contributed by atoms with Gasteiger partial charge in [0, 0.05) is 17.4 Å². The first-order chi connectivity index (χ1) is 23.5. The topological polar surface area (TPSA) is 27.7 Å². The molecule has 0 saturated carbocycles. The van der Waals surface area contributed by atoms with Gasteiger partial charge in [-0.1, -0.05) is 165 Å². The number of rotatable bonds is 28. The van der Waals surface area contributed by atoms with Gasteiger partial charge >= 0.3 is 0 Å². The van der Waals surface area contributed by atoms with Crippen molar-refractivity contribution in [3.8, 4) is 11.5 Å². The number of alkyl halides is 3. The fourth-order valence-electron chi connectivity index (χ4n) is 5.69. The second kappa shape index (κ2) is 27.0. The summed E-state index contributed by atoms with van der Waals surface area (Å²) in [7, 11) is 0. The molecule has 0 fully saturated rings. The monoisotopic (exact) mass is 1130 g/mol. The Kier molecular flexibility index (Phi) is 25.7. The maximum Gasteiger partial charge on any atom is 0.147 e. The van der Waals surface area contributed by atoms with E-state index in [9.17, 15) is 0 Å². The van der Waals surface area contributed by atoms with Gasteiger partial charge in [-0.3, -0.25) is 0 Å². The molecule has 0 spiro atoms. The summed E-state index contributed by atoms with van der Waals surface area (Å²) in [5.74, 6) is 1.60. The van der Waals surface area contributed by atoms with Gasteiger partial charge in [-0.25, -0.2) is 0 Å². The lowest BCUT2D eigenvalue weighted by molar-refractivity contribution is 0.121. The fraction of sp³-hybridized carbons (Fsp3) is 0.692. The molecule has 2 rings (SSSR count). The zero-order valence-electron chi connectivity index (χ0n) is 29.7. The van der Waals surface area contributed by atoms with Crippen LogP contribution in [0.15, 0.2) is 42.2 Å². The first kappa shape index (κ1) is 46.5. The van der Waals surface area contributed by atoms with Gasteiger partial charge in [0.2, 0.25) is 0 Å². The molecule has 2 aromatic rings. The predicted molar refractivity (Wildman–Crippen MR) is 236 cm³/mol. The minimum atomic E-state index is -0.278. The Morgan fingerprint density at radius 1 is 0.531 bits per heavy atom. The molecule has 0 bridgehead atoms. The first-order valence-corrected chi connectivity index (χ1v) is 24.3. The Hall–Kier alpha value is 1.36. The summed E-state index contributed by atoms with van der Waals surface area (Å²) in [4.78, 5) is 0.354. The number of hydrogen-bond acceptors (Lipinski definition) is 3. The van der Waals surface area contributed by atoms with E-state index in [1.807, 2.05) is 0 Å². The number of benzene rings is 2. The molecule has 0 aliphatic heterocycles. The summed E-state index contributed by atoms with van der Waals surface area (Å²) in [6, 6.07) is 8.57. The summed E-state index contributed by atoms with van der Waals surface area (Å²) < 4.78 is 21.9. The minimum absolute atomic E-state index is 0.119. The molecule has 0 amide bonds. The van der Waals surface area contributed by atoms with Crippen molar-refractivity contribution in [2.24, 2.45) is 0 Å². The Labute approximate surface area is 357 Å². The van der Waals surface area contributed by atoms with E-state index in [1.54, 1.807) is 0 Å². The van der Waals surface area contributed by atoms with E-state index in [1.165, 1.54) is 96.3 Å². The average Bonchev–Trinajstić information content (AvgIpc) is 3.06. The second-order valence-corrected chi connectivity index (χ2v) is 20.2. The van der Waals surface area contributed by atoms with E-state index in [0.29, 0.717) is 19.8 Å². The van der Waals surface area contributed by atoms with Gasteiger partial charge in [0.25, 0.3) is 0 Å². The lowest BCUT2D eigenvalue weighted by atomic mass is 9.78. The minimum Gasteiger partial charge on any atom is -0.490 e. The highest BCUT2D eigenvalue weighted by Crippen LogP contribution is 2.44. The average molecular weight is 1130 g/mol. The van der Waals surface area contributed by atoms with Crippen LogP contribution in [0.3, 0.4) is 0 Å². The van der Waals surface area contributed by atoms with Crippen molar-refractivity contribution in [3.05, 3.63) is 53.3 Å². The molecule has 0 radical (unpaired) electrons. The zero-order chi connectivity index (χ0) is 36.1. The zero-order valence-corrected chi connectivity index (χ0v) is 40.8. The van der Waals surface area contributed by atoms with Crippen molar-refractivity contribution in [3.63, 3.8) is 0 Å². The van der Waals surface area contributed by atoms with Crippen LogP contribution in [0.25, 0.3) is 0 Å². The van der Waals surface area contributed by atoms with E-state index >= 15 is 0 Å². The van der Waals surface area contributed by atoms with E-state index in [2.05, 4.69) is 157 Å². The van der Waals surface area contributed by atoms with Crippen LogP contribution in [-0.2, 0) is 10.2 Å². The largest absolute Gasteiger partial charge is 0.490 e. The number of halogens is 7. The summed E-state index contributed by atoms with van der Waals surface area (Å²) in [5, 5.41) is 0.820. The summed E-state index contributed by atoms with van der Waals surface area (Å²) >= 11 is 25.9. The smallest absolute Gasteiger partial charge is 0.147 e. The molecule has 0 heterocycles.